The number of hydrogen-bond donors (Lipinski definition) is 0. The third kappa shape index (κ3) is 18.7. The molecule has 0 aromatic heterocycles. The summed E-state index contributed by atoms with van der Waals surface area (Å²) < 4.78 is 0. The monoisotopic (exact) mass is 469 g/mol. The molecule has 0 spiro atoms. The van der Waals surface area contributed by atoms with Crippen LogP contribution in [0.1, 0.15) is 41.5 Å². The van der Waals surface area contributed by atoms with Gasteiger partial charge in [-0.1, -0.05) is 0 Å². The van der Waals surface area contributed by atoms with Gasteiger partial charge in [0.25, 0.3) is 0 Å². The predicted octanol–water partition coefficient (Wildman–Crippen LogP) is 4.81. The molecule has 0 unspecified atom stereocenters. The van der Waals surface area contributed by atoms with E-state index in [9.17, 15) is 0 Å². The summed E-state index contributed by atoms with van der Waals surface area (Å²) in [7, 11) is 0. The van der Waals surface area contributed by atoms with E-state index in [0.717, 1.165) is 0 Å². The van der Waals surface area contributed by atoms with Crippen LogP contribution in [0.5, 0.6) is 0 Å². The summed E-state index contributed by atoms with van der Waals surface area (Å²) in [5.74, 6) is 0. The van der Waals surface area contributed by atoms with E-state index >= 15 is 0 Å². The van der Waals surface area contributed by atoms with Crippen LogP contribution < -0.4 is 0 Å². The van der Waals surface area contributed by atoms with E-state index in [1.54, 1.807) is 0 Å². The van der Waals surface area contributed by atoms with Crippen molar-refractivity contribution in [1.82, 2.24) is 0 Å². The van der Waals surface area contributed by atoms with Crippen LogP contribution in [0.25, 0.3) is 0 Å². The van der Waals surface area contributed by atoms with Crippen molar-refractivity contribution in [3.8, 4) is 0 Å². The zero-order chi connectivity index (χ0) is 11.4. The van der Waals surface area contributed by atoms with E-state index in [1.165, 1.54) is 31.5 Å². The zero-order valence-corrected chi connectivity index (χ0v) is 21.5. The third-order valence-corrected chi connectivity index (χ3v) is 15.6. The van der Waals surface area contributed by atoms with Gasteiger partial charge >= 0.3 is 102 Å². The van der Waals surface area contributed by atoms with Crippen molar-refractivity contribution < 1.29 is 27.3 Å². The van der Waals surface area contributed by atoms with Crippen molar-refractivity contribution >= 4 is 42.2 Å². The second-order valence-corrected chi connectivity index (χ2v) is 18.8. The summed E-state index contributed by atoms with van der Waals surface area (Å²) in [6.45, 7) is 14.0. The van der Waals surface area contributed by atoms with Crippen molar-refractivity contribution in [3.05, 3.63) is 0 Å². The van der Waals surface area contributed by atoms with Gasteiger partial charge < -0.3 is 13.5 Å². The topological polar surface area (TPSA) is 0 Å². The maximum atomic E-state index is 2.34. The quantitative estimate of drug-likeness (QED) is 0.309. The van der Waals surface area contributed by atoms with E-state index in [0.29, 0.717) is 0 Å². The maximum absolute atomic E-state index is 2.34. The molecule has 0 saturated heterocycles. The number of hydrogen-bond acceptors (Lipinski definition) is 1. The summed E-state index contributed by atoms with van der Waals surface area (Å²) in [5, 5.41) is 9.12. The van der Waals surface area contributed by atoms with Crippen LogP contribution in [0.3, 0.4) is 0 Å². The summed E-state index contributed by atoms with van der Waals surface area (Å²) in [4.78, 5) is 0. The van der Waals surface area contributed by atoms with E-state index in [-0.39, 0.29) is 40.8 Å². The SMILES string of the molecule is C[CH2][Ge]([CH2]C)[CH2]C.C[CH2][Ge]([CH2]C)[CH2]C.[Cd].[SH-]. The van der Waals surface area contributed by atoms with Crippen LogP contribution in [0.4, 0.5) is 0 Å². The summed E-state index contributed by atoms with van der Waals surface area (Å²) in [6, 6.07) is 0. The minimum atomic E-state index is -0.403. The average molecular weight is 465 g/mol. The largest absolute Gasteiger partial charge is 0.813 e. The molecule has 0 fully saturated rings. The molecule has 0 aliphatic rings. The summed E-state index contributed by atoms with van der Waals surface area (Å²) >= 11 is -0.806. The molecule has 0 aromatic rings. The Hall–Kier alpha value is 2.36. The first-order valence-electron chi connectivity index (χ1n) is 6.36. The smallest absolute Gasteiger partial charge is 0 e. The van der Waals surface area contributed by atoms with Crippen molar-refractivity contribution in [2.24, 2.45) is 0 Å². The Bertz CT molecular complexity index is 74.0. The molecule has 0 bridgehead atoms. The van der Waals surface area contributed by atoms with Gasteiger partial charge in [-0.25, -0.2) is 0 Å². The summed E-state index contributed by atoms with van der Waals surface area (Å²) in [6.07, 6.45) is 0. The van der Waals surface area contributed by atoms with Crippen LogP contribution >= 0.6 is 0 Å². The Morgan fingerprint density at radius 3 is 0.625 bits per heavy atom. The first kappa shape index (κ1) is 26.8. The number of rotatable bonds is 6. The molecule has 0 N–H and O–H groups in total. The van der Waals surface area contributed by atoms with Gasteiger partial charge in [-0.15, -0.1) is 0 Å². The van der Waals surface area contributed by atoms with E-state index in [4.69, 9.17) is 0 Å². The average Bonchev–Trinajstić information content (AvgIpc) is 2.24. The molecular formula is C12H31CdGe2S-. The Kier molecular flexibility index (Phi) is 37.8. The molecule has 0 nitrogen and oxygen atoms in total. The van der Waals surface area contributed by atoms with E-state index in [2.05, 4.69) is 41.5 Å². The predicted molar refractivity (Wildman–Crippen MR) is 83.2 cm³/mol. The minimum absolute atomic E-state index is 0. The van der Waals surface area contributed by atoms with Gasteiger partial charge in [0.15, 0.2) is 0 Å². The van der Waals surface area contributed by atoms with Gasteiger partial charge in [-0.3, -0.25) is 0 Å². The maximum Gasteiger partial charge on any atom is 0 e. The van der Waals surface area contributed by atoms with Crippen LogP contribution in [0.2, 0.25) is 31.5 Å². The Morgan fingerprint density at radius 2 is 0.625 bits per heavy atom. The van der Waals surface area contributed by atoms with Crippen LogP contribution in [0, 0.1) is 0 Å². The van der Waals surface area contributed by atoms with E-state index in [1.807, 2.05) is 0 Å². The Labute approximate surface area is 141 Å². The summed E-state index contributed by atoms with van der Waals surface area (Å²) in [5.41, 5.74) is 0. The van der Waals surface area contributed by atoms with Crippen LogP contribution in [-0.2, 0) is 40.8 Å². The fraction of sp³-hybridized carbons (Fsp3) is 1.00. The molecule has 0 saturated carbocycles. The Morgan fingerprint density at radius 1 is 0.500 bits per heavy atom. The first-order chi connectivity index (χ1) is 6.69. The van der Waals surface area contributed by atoms with Crippen molar-refractivity contribution in [2.75, 3.05) is 0 Å². The van der Waals surface area contributed by atoms with Crippen LogP contribution in [-0.4, -0.2) is 28.7 Å². The molecule has 2 radical (unpaired) electrons. The molecule has 0 amide bonds. The van der Waals surface area contributed by atoms with Crippen molar-refractivity contribution in [2.45, 2.75) is 73.1 Å². The zero-order valence-electron chi connectivity index (χ0n) is 12.4. The molecule has 0 aliphatic heterocycles. The van der Waals surface area contributed by atoms with Crippen LogP contribution in [0.15, 0.2) is 0 Å². The van der Waals surface area contributed by atoms with Gasteiger partial charge in [0, 0.05) is 27.3 Å². The number of thiol groups is 1. The molecular weight excluding hydrogens is 434 g/mol. The normalized spacial score (nSPS) is 9.00. The molecule has 0 atom stereocenters. The fourth-order valence-corrected chi connectivity index (χ4v) is 7.79. The molecule has 0 rings (SSSR count). The van der Waals surface area contributed by atoms with Gasteiger partial charge in [0.1, 0.15) is 0 Å². The second-order valence-electron chi connectivity index (χ2n) is 3.62. The first-order valence-corrected chi connectivity index (χ1v) is 15.3. The molecule has 0 aromatic carbocycles. The van der Waals surface area contributed by atoms with Gasteiger partial charge in [0.05, 0.1) is 0 Å². The molecule has 0 heterocycles. The molecule has 4 heteroatoms. The molecule has 16 heavy (non-hydrogen) atoms. The van der Waals surface area contributed by atoms with Gasteiger partial charge in [-0.05, 0) is 0 Å². The Balaban J connectivity index is -0.0000000800. The second kappa shape index (κ2) is 22.5. The molecule has 0 aliphatic carbocycles. The van der Waals surface area contributed by atoms with Crippen molar-refractivity contribution in [3.63, 3.8) is 0 Å². The van der Waals surface area contributed by atoms with E-state index < -0.39 is 28.7 Å². The third-order valence-electron chi connectivity index (χ3n) is 3.00. The minimum Gasteiger partial charge on any atom is -0.813 e. The van der Waals surface area contributed by atoms with Crippen molar-refractivity contribution in [1.29, 1.82) is 0 Å². The fourth-order valence-electron chi connectivity index (χ4n) is 1.50. The molecule has 96 valence electrons. The van der Waals surface area contributed by atoms with Gasteiger partial charge in [-0.2, -0.15) is 0 Å². The van der Waals surface area contributed by atoms with Gasteiger partial charge in [0.2, 0.25) is 0 Å². The standard InChI is InChI=1S/2C6H15Ge.Cd.H2S/c2*1-4-7(5-2)6-3;;/h2*4-6H2,1-3H3;;1H2/p-1.